The molecule has 1 N–H and O–H groups in total. The molecule has 0 spiro atoms. The first kappa shape index (κ1) is 26.3. The number of fused-ring (bicyclic) bond motifs is 1. The quantitative estimate of drug-likeness (QED) is 0.241. The van der Waals surface area contributed by atoms with Gasteiger partial charge in [-0.3, -0.25) is 4.79 Å². The van der Waals surface area contributed by atoms with Gasteiger partial charge in [0.25, 0.3) is 0 Å². The fourth-order valence-electron chi connectivity index (χ4n) is 5.08. The SMILES string of the molecule is CCCCc1nc2cc(CCC)c(=O)c(CCC)cc2n1Cc1cccc(-c2ccccc2)c1C(=O)O. The molecule has 0 atom stereocenters. The lowest BCUT2D eigenvalue weighted by Gasteiger charge is -2.15. The number of aryl methyl sites for hydroxylation is 3. The monoisotopic (exact) mass is 496 g/mol. The lowest BCUT2D eigenvalue weighted by atomic mass is 9.95. The number of nitrogens with zero attached hydrogens (tertiary/aromatic N) is 2. The van der Waals surface area contributed by atoms with E-state index in [0.717, 1.165) is 77.6 Å². The highest BCUT2D eigenvalue weighted by Crippen LogP contribution is 2.29. The summed E-state index contributed by atoms with van der Waals surface area (Å²) >= 11 is 0. The van der Waals surface area contributed by atoms with Gasteiger partial charge in [0, 0.05) is 17.5 Å². The van der Waals surface area contributed by atoms with Crippen LogP contribution in [0.3, 0.4) is 0 Å². The second-order valence-electron chi connectivity index (χ2n) is 9.67. The van der Waals surface area contributed by atoms with Gasteiger partial charge in [-0.2, -0.15) is 0 Å². The Labute approximate surface area is 218 Å². The zero-order chi connectivity index (χ0) is 26.4. The zero-order valence-corrected chi connectivity index (χ0v) is 22.1. The number of hydrogen-bond acceptors (Lipinski definition) is 3. The van der Waals surface area contributed by atoms with E-state index in [0.29, 0.717) is 24.1 Å². The molecule has 0 radical (unpaired) electrons. The summed E-state index contributed by atoms with van der Waals surface area (Å²) in [5.74, 6) is -0.0138. The van der Waals surface area contributed by atoms with Crippen molar-refractivity contribution in [2.24, 2.45) is 0 Å². The largest absolute Gasteiger partial charge is 0.478 e. The molecule has 5 heteroatoms. The number of benzene rings is 2. The second kappa shape index (κ2) is 12.0. The third-order valence-corrected chi connectivity index (χ3v) is 6.89. The van der Waals surface area contributed by atoms with Gasteiger partial charge in [-0.1, -0.05) is 88.6 Å². The molecule has 0 bridgehead atoms. The van der Waals surface area contributed by atoms with Gasteiger partial charge in [0.05, 0.1) is 23.1 Å². The molecule has 1 heterocycles. The van der Waals surface area contributed by atoms with Crippen molar-refractivity contribution >= 4 is 17.0 Å². The number of hydrogen-bond donors (Lipinski definition) is 1. The Morgan fingerprint density at radius 1 is 0.838 bits per heavy atom. The average Bonchev–Trinajstić information content (AvgIpc) is 3.15. The zero-order valence-electron chi connectivity index (χ0n) is 22.1. The van der Waals surface area contributed by atoms with Crippen molar-refractivity contribution in [3.05, 3.63) is 99.0 Å². The van der Waals surface area contributed by atoms with Crippen molar-refractivity contribution in [1.29, 1.82) is 0 Å². The Morgan fingerprint density at radius 3 is 2.19 bits per heavy atom. The molecule has 0 fully saturated rings. The highest BCUT2D eigenvalue weighted by atomic mass is 16.4. The number of carbonyl (C=O) groups is 1. The van der Waals surface area contributed by atoms with Crippen molar-refractivity contribution in [3.8, 4) is 11.1 Å². The van der Waals surface area contributed by atoms with Gasteiger partial charge in [-0.15, -0.1) is 0 Å². The summed E-state index contributed by atoms with van der Waals surface area (Å²) < 4.78 is 2.13. The minimum Gasteiger partial charge on any atom is -0.478 e. The minimum atomic E-state index is -0.946. The molecule has 0 aliphatic carbocycles. The molecular formula is C32H36N2O3. The highest BCUT2D eigenvalue weighted by Gasteiger charge is 2.20. The van der Waals surface area contributed by atoms with Crippen LogP contribution in [0, 0.1) is 0 Å². The summed E-state index contributed by atoms with van der Waals surface area (Å²) in [7, 11) is 0. The molecule has 0 aliphatic rings. The first-order valence-electron chi connectivity index (χ1n) is 13.4. The van der Waals surface area contributed by atoms with E-state index in [1.165, 1.54) is 0 Å². The van der Waals surface area contributed by atoms with Crippen LogP contribution < -0.4 is 5.43 Å². The van der Waals surface area contributed by atoms with E-state index in [9.17, 15) is 14.7 Å². The Balaban J connectivity index is 1.95. The van der Waals surface area contributed by atoms with Crippen molar-refractivity contribution < 1.29 is 9.90 Å². The van der Waals surface area contributed by atoms with Gasteiger partial charge in [-0.05, 0) is 48.1 Å². The maximum absolute atomic E-state index is 13.3. The number of unbranched alkanes of at least 4 members (excludes halogenated alkanes) is 1. The third kappa shape index (κ3) is 5.66. The van der Waals surface area contributed by atoms with E-state index >= 15 is 0 Å². The molecule has 1 aromatic heterocycles. The number of aromatic nitrogens is 2. The number of carboxylic acids is 1. The average molecular weight is 497 g/mol. The molecule has 3 aromatic carbocycles. The molecular weight excluding hydrogens is 460 g/mol. The van der Waals surface area contributed by atoms with E-state index in [1.54, 1.807) is 0 Å². The molecule has 37 heavy (non-hydrogen) atoms. The lowest BCUT2D eigenvalue weighted by molar-refractivity contribution is 0.0696. The molecule has 4 aromatic rings. The molecule has 0 unspecified atom stereocenters. The summed E-state index contributed by atoms with van der Waals surface area (Å²) in [6.07, 6.45) is 6.02. The lowest BCUT2D eigenvalue weighted by Crippen LogP contribution is -2.13. The normalized spacial score (nSPS) is 11.2. The molecule has 0 aliphatic heterocycles. The fourth-order valence-corrected chi connectivity index (χ4v) is 5.08. The van der Waals surface area contributed by atoms with Gasteiger partial charge in [-0.25, -0.2) is 9.78 Å². The van der Waals surface area contributed by atoms with Gasteiger partial charge in [0.1, 0.15) is 5.82 Å². The number of imidazole rings is 1. The van der Waals surface area contributed by atoms with Crippen LogP contribution in [0.1, 0.15) is 79.3 Å². The smallest absolute Gasteiger partial charge is 0.336 e. The van der Waals surface area contributed by atoms with Gasteiger partial charge >= 0.3 is 5.97 Å². The predicted molar refractivity (Wildman–Crippen MR) is 151 cm³/mol. The maximum atomic E-state index is 13.3. The summed E-state index contributed by atoms with van der Waals surface area (Å²) in [6, 6.07) is 19.3. The van der Waals surface area contributed by atoms with Gasteiger partial charge < -0.3 is 9.67 Å². The summed E-state index contributed by atoms with van der Waals surface area (Å²) in [6.45, 7) is 6.70. The van der Waals surface area contributed by atoms with Crippen LogP contribution in [0.25, 0.3) is 22.2 Å². The first-order valence-corrected chi connectivity index (χ1v) is 13.4. The Kier molecular flexibility index (Phi) is 8.54. The van der Waals surface area contributed by atoms with Crippen molar-refractivity contribution in [3.63, 3.8) is 0 Å². The van der Waals surface area contributed by atoms with Crippen LogP contribution in [-0.4, -0.2) is 20.6 Å². The standard InChI is InChI=1S/C32H36N2O3/c1-4-7-18-29-33-27-19-23(12-5-2)31(35)24(13-6-3)20-28(27)34(29)21-25-16-11-17-26(30(25)32(36)37)22-14-9-8-10-15-22/h8-11,14-17,19-20H,4-7,12-13,18,21H2,1-3H3,(H,36,37). The van der Waals surface area contributed by atoms with E-state index in [1.807, 2.05) is 60.7 Å². The molecule has 4 rings (SSSR count). The third-order valence-electron chi connectivity index (χ3n) is 6.89. The van der Waals surface area contributed by atoms with Gasteiger partial charge in [0.15, 0.2) is 5.43 Å². The molecule has 0 saturated heterocycles. The Bertz CT molecular complexity index is 1450. The second-order valence-corrected chi connectivity index (χ2v) is 9.67. The molecule has 0 amide bonds. The maximum Gasteiger partial charge on any atom is 0.336 e. The van der Waals surface area contributed by atoms with Crippen molar-refractivity contribution in [2.45, 2.75) is 72.3 Å². The minimum absolute atomic E-state index is 0.112. The number of carboxylic acid groups (broad SMARTS) is 1. The topological polar surface area (TPSA) is 72.2 Å². The van der Waals surface area contributed by atoms with Crippen molar-refractivity contribution in [2.75, 3.05) is 0 Å². The Hall–Kier alpha value is -3.73. The summed E-state index contributed by atoms with van der Waals surface area (Å²) in [5, 5.41) is 10.3. The van der Waals surface area contributed by atoms with Crippen LogP contribution in [0.4, 0.5) is 0 Å². The van der Waals surface area contributed by atoms with Crippen LogP contribution in [0.5, 0.6) is 0 Å². The van der Waals surface area contributed by atoms with Crippen LogP contribution in [0.2, 0.25) is 0 Å². The van der Waals surface area contributed by atoms with Crippen LogP contribution >= 0.6 is 0 Å². The number of rotatable bonds is 11. The van der Waals surface area contributed by atoms with Gasteiger partial charge in [0.2, 0.25) is 0 Å². The highest BCUT2D eigenvalue weighted by molar-refractivity contribution is 5.97. The van der Waals surface area contributed by atoms with E-state index in [4.69, 9.17) is 4.98 Å². The van der Waals surface area contributed by atoms with E-state index in [-0.39, 0.29) is 5.43 Å². The van der Waals surface area contributed by atoms with Crippen LogP contribution in [0.15, 0.2) is 65.5 Å². The predicted octanol–water partition coefficient (Wildman–Crippen LogP) is 7.06. The first-order chi connectivity index (χ1) is 18.0. The summed E-state index contributed by atoms with van der Waals surface area (Å²) in [4.78, 5) is 30.9. The van der Waals surface area contributed by atoms with E-state index < -0.39 is 5.97 Å². The molecule has 5 nitrogen and oxygen atoms in total. The summed E-state index contributed by atoms with van der Waals surface area (Å²) in [5.41, 5.74) is 6.05. The number of aromatic carboxylic acids is 1. The molecule has 192 valence electrons. The fraction of sp³-hybridized carbons (Fsp3) is 0.344. The van der Waals surface area contributed by atoms with E-state index in [2.05, 4.69) is 25.3 Å². The van der Waals surface area contributed by atoms with Crippen LogP contribution in [-0.2, 0) is 25.8 Å². The Morgan fingerprint density at radius 2 is 1.54 bits per heavy atom. The van der Waals surface area contributed by atoms with Crippen molar-refractivity contribution in [1.82, 2.24) is 9.55 Å². The molecule has 0 saturated carbocycles.